The fourth-order valence-electron chi connectivity index (χ4n) is 2.34. The second-order valence-electron chi connectivity index (χ2n) is 4.38. The molecule has 1 aliphatic carbocycles. The lowest BCUT2D eigenvalue weighted by Crippen LogP contribution is -2.24. The molecule has 1 nitrogen and oxygen atoms in total. The lowest BCUT2D eigenvalue weighted by molar-refractivity contribution is -0.0382. The van der Waals surface area contributed by atoms with Crippen LogP contribution in [0.4, 0.5) is 8.78 Å². The molecule has 0 heterocycles. The fourth-order valence-corrected chi connectivity index (χ4v) is 2.34. The van der Waals surface area contributed by atoms with E-state index < -0.39 is 5.92 Å². The number of hydrogen-bond acceptors (Lipinski definition) is 1. The molecule has 0 unspecified atom stereocenters. The molecule has 86 valence electrons. The second kappa shape index (κ2) is 4.32. The highest BCUT2D eigenvalue weighted by molar-refractivity contribution is 5.77. The zero-order valence-electron chi connectivity index (χ0n) is 8.96. The average Bonchev–Trinajstić information content (AvgIpc) is 2.29. The number of halogens is 2. The Bertz CT molecular complexity index is 377. The van der Waals surface area contributed by atoms with Crippen molar-refractivity contribution in [1.29, 1.82) is 0 Å². The predicted octanol–water partition coefficient (Wildman–Crippen LogP) is 3.79. The molecule has 0 amide bonds. The van der Waals surface area contributed by atoms with Crippen LogP contribution in [0, 0.1) is 0 Å². The SMILES string of the molecule is O=Cc1ccccc1C1CCC(F)(F)CC1. The fraction of sp³-hybridized carbons (Fsp3) is 0.462. The minimum atomic E-state index is -2.51. The maximum Gasteiger partial charge on any atom is 0.248 e. The molecule has 0 atom stereocenters. The van der Waals surface area contributed by atoms with Crippen LogP contribution in [0.5, 0.6) is 0 Å². The molecular formula is C13H14F2O. The van der Waals surface area contributed by atoms with Gasteiger partial charge in [-0.15, -0.1) is 0 Å². The van der Waals surface area contributed by atoms with Gasteiger partial charge in [-0.2, -0.15) is 0 Å². The van der Waals surface area contributed by atoms with Crippen molar-refractivity contribution < 1.29 is 13.6 Å². The zero-order chi connectivity index (χ0) is 11.6. The van der Waals surface area contributed by atoms with Crippen LogP contribution in [0.1, 0.15) is 47.5 Å². The molecule has 0 spiro atoms. The quantitative estimate of drug-likeness (QED) is 0.698. The van der Waals surface area contributed by atoms with Crippen LogP contribution in [0.3, 0.4) is 0 Å². The topological polar surface area (TPSA) is 17.1 Å². The second-order valence-corrected chi connectivity index (χ2v) is 4.38. The number of aldehydes is 1. The Kier molecular flexibility index (Phi) is 3.03. The highest BCUT2D eigenvalue weighted by Crippen LogP contribution is 2.41. The smallest absolute Gasteiger partial charge is 0.248 e. The monoisotopic (exact) mass is 224 g/mol. The van der Waals surface area contributed by atoms with Crippen LogP contribution in [0.15, 0.2) is 24.3 Å². The van der Waals surface area contributed by atoms with Gasteiger partial charge in [0.25, 0.3) is 0 Å². The molecule has 3 heteroatoms. The predicted molar refractivity (Wildman–Crippen MR) is 58.0 cm³/mol. The number of benzene rings is 1. The summed E-state index contributed by atoms with van der Waals surface area (Å²) in [4.78, 5) is 10.8. The molecule has 1 aromatic rings. The zero-order valence-corrected chi connectivity index (χ0v) is 8.96. The van der Waals surface area contributed by atoms with Gasteiger partial charge >= 0.3 is 0 Å². The third-order valence-electron chi connectivity index (χ3n) is 3.28. The molecule has 16 heavy (non-hydrogen) atoms. The third kappa shape index (κ3) is 2.29. The first kappa shape index (κ1) is 11.2. The van der Waals surface area contributed by atoms with Gasteiger partial charge in [0, 0.05) is 18.4 Å². The lowest BCUT2D eigenvalue weighted by Gasteiger charge is -2.29. The van der Waals surface area contributed by atoms with Crippen molar-refractivity contribution in [1.82, 2.24) is 0 Å². The van der Waals surface area contributed by atoms with Gasteiger partial charge in [-0.05, 0) is 24.3 Å². The largest absolute Gasteiger partial charge is 0.298 e. The molecule has 2 rings (SSSR count). The molecule has 0 N–H and O–H groups in total. The normalized spacial score (nSPS) is 20.6. The molecule has 1 aliphatic rings. The first-order chi connectivity index (χ1) is 7.62. The number of carbonyl (C=O) groups is 1. The summed E-state index contributed by atoms with van der Waals surface area (Å²) in [6.45, 7) is 0. The van der Waals surface area contributed by atoms with Gasteiger partial charge < -0.3 is 0 Å². The number of rotatable bonds is 2. The molecule has 0 radical (unpaired) electrons. The van der Waals surface area contributed by atoms with Gasteiger partial charge in [0.15, 0.2) is 0 Å². The van der Waals surface area contributed by atoms with Crippen LogP contribution in [-0.4, -0.2) is 12.2 Å². The van der Waals surface area contributed by atoms with Crippen molar-refractivity contribution in [3.05, 3.63) is 35.4 Å². The van der Waals surface area contributed by atoms with Gasteiger partial charge in [0.1, 0.15) is 6.29 Å². The molecule has 0 aromatic heterocycles. The van der Waals surface area contributed by atoms with Crippen molar-refractivity contribution in [2.75, 3.05) is 0 Å². The van der Waals surface area contributed by atoms with Crippen LogP contribution < -0.4 is 0 Å². The van der Waals surface area contributed by atoms with E-state index in [2.05, 4.69) is 0 Å². The minimum absolute atomic E-state index is 0.0646. The van der Waals surface area contributed by atoms with Crippen LogP contribution >= 0.6 is 0 Å². The van der Waals surface area contributed by atoms with Crippen LogP contribution in [0.2, 0.25) is 0 Å². The summed E-state index contributed by atoms with van der Waals surface area (Å²) in [7, 11) is 0. The van der Waals surface area contributed by atoms with Gasteiger partial charge in [-0.25, -0.2) is 8.78 Å². The Morgan fingerprint density at radius 2 is 1.81 bits per heavy atom. The molecule has 1 fully saturated rings. The maximum atomic E-state index is 13.0. The van der Waals surface area contributed by atoms with E-state index in [9.17, 15) is 13.6 Å². The van der Waals surface area contributed by atoms with E-state index in [1.54, 1.807) is 12.1 Å². The Hall–Kier alpha value is -1.25. The number of carbonyl (C=O) groups excluding carboxylic acids is 1. The summed E-state index contributed by atoms with van der Waals surface area (Å²) in [6.07, 6.45) is 1.62. The summed E-state index contributed by atoms with van der Waals surface area (Å²) < 4.78 is 26.0. The van der Waals surface area contributed by atoms with Crippen molar-refractivity contribution in [2.24, 2.45) is 0 Å². The van der Waals surface area contributed by atoms with Crippen molar-refractivity contribution in [2.45, 2.75) is 37.5 Å². The van der Waals surface area contributed by atoms with Crippen molar-refractivity contribution >= 4 is 6.29 Å². The first-order valence-electron chi connectivity index (χ1n) is 5.54. The van der Waals surface area contributed by atoms with E-state index in [1.807, 2.05) is 12.1 Å². The summed E-state index contributed by atoms with van der Waals surface area (Å²) >= 11 is 0. The van der Waals surface area contributed by atoms with Crippen LogP contribution in [-0.2, 0) is 0 Å². The van der Waals surface area contributed by atoms with Gasteiger partial charge in [0.2, 0.25) is 5.92 Å². The number of alkyl halides is 2. The number of hydrogen-bond donors (Lipinski definition) is 0. The first-order valence-corrected chi connectivity index (χ1v) is 5.54. The van der Waals surface area contributed by atoms with Crippen LogP contribution in [0.25, 0.3) is 0 Å². The van der Waals surface area contributed by atoms with Gasteiger partial charge in [0.05, 0.1) is 0 Å². The summed E-state index contributed by atoms with van der Waals surface area (Å²) in [5.74, 6) is -2.40. The van der Waals surface area contributed by atoms with E-state index in [0.29, 0.717) is 18.4 Å². The standard InChI is InChI=1S/C13H14F2O/c14-13(15)7-5-10(6-8-13)12-4-2-1-3-11(12)9-16/h1-4,9-10H,5-8H2. The summed E-state index contributed by atoms with van der Waals surface area (Å²) in [5.41, 5.74) is 1.56. The molecule has 0 bridgehead atoms. The minimum Gasteiger partial charge on any atom is -0.298 e. The third-order valence-corrected chi connectivity index (χ3v) is 3.28. The van der Waals surface area contributed by atoms with E-state index in [1.165, 1.54) is 0 Å². The molecular weight excluding hydrogens is 210 g/mol. The van der Waals surface area contributed by atoms with Gasteiger partial charge in [-0.1, -0.05) is 24.3 Å². The molecule has 0 saturated heterocycles. The Morgan fingerprint density at radius 3 is 2.44 bits per heavy atom. The lowest BCUT2D eigenvalue weighted by atomic mass is 9.81. The average molecular weight is 224 g/mol. The van der Waals surface area contributed by atoms with E-state index in [4.69, 9.17) is 0 Å². The molecule has 1 aromatic carbocycles. The highest BCUT2D eigenvalue weighted by Gasteiger charge is 2.35. The highest BCUT2D eigenvalue weighted by atomic mass is 19.3. The molecule has 0 aliphatic heterocycles. The van der Waals surface area contributed by atoms with Crippen molar-refractivity contribution in [3.63, 3.8) is 0 Å². The summed E-state index contributed by atoms with van der Waals surface area (Å²) in [6, 6.07) is 7.27. The summed E-state index contributed by atoms with van der Waals surface area (Å²) in [5, 5.41) is 0. The van der Waals surface area contributed by atoms with E-state index in [0.717, 1.165) is 11.8 Å². The Labute approximate surface area is 93.5 Å². The Balaban J connectivity index is 2.17. The maximum absolute atomic E-state index is 13.0. The Morgan fingerprint density at radius 1 is 1.19 bits per heavy atom. The van der Waals surface area contributed by atoms with E-state index >= 15 is 0 Å². The molecule has 1 saturated carbocycles. The van der Waals surface area contributed by atoms with E-state index in [-0.39, 0.29) is 18.8 Å². The van der Waals surface area contributed by atoms with Gasteiger partial charge in [-0.3, -0.25) is 4.79 Å². The van der Waals surface area contributed by atoms with Crippen molar-refractivity contribution in [3.8, 4) is 0 Å².